The Morgan fingerprint density at radius 2 is 1.85 bits per heavy atom. The van der Waals surface area contributed by atoms with Crippen LogP contribution in [0.3, 0.4) is 0 Å². The van der Waals surface area contributed by atoms with Gasteiger partial charge in [-0.05, 0) is 12.1 Å². The third-order valence-electron chi connectivity index (χ3n) is 1.15. The lowest BCUT2D eigenvalue weighted by Crippen LogP contribution is -2.30. The molecule has 0 aliphatic carbocycles. The first-order valence-corrected chi connectivity index (χ1v) is 3.61. The molecule has 3 N–H and O–H groups in total. The lowest BCUT2D eigenvalue weighted by atomic mass is 10.2. The standard InChI is InChI=1S/C4H8O4.C4H4O/c5-1-3(7)4(8)2-6;1-2-4-5-3-1/h1,3-4,6-8H,2H2;1-4H. The normalized spacial score (nSPS) is 13.8. The molecule has 0 aliphatic rings. The number of carbonyl (C=O) groups excluding carboxylic acids is 1. The van der Waals surface area contributed by atoms with Crippen LogP contribution in [-0.4, -0.2) is 40.4 Å². The quantitative estimate of drug-likeness (QED) is 0.539. The minimum atomic E-state index is -1.46. The van der Waals surface area contributed by atoms with E-state index in [4.69, 9.17) is 15.3 Å². The molecule has 2 atom stereocenters. The molecule has 1 aromatic heterocycles. The van der Waals surface area contributed by atoms with E-state index in [2.05, 4.69) is 4.42 Å². The van der Waals surface area contributed by atoms with Gasteiger partial charge in [0.25, 0.3) is 0 Å². The number of aldehydes is 1. The molecule has 5 heteroatoms. The minimum Gasteiger partial charge on any atom is -0.473 e. The fourth-order valence-electron chi connectivity index (χ4n) is 0.425. The molecule has 13 heavy (non-hydrogen) atoms. The third-order valence-corrected chi connectivity index (χ3v) is 1.15. The van der Waals surface area contributed by atoms with Crippen LogP contribution in [0, 0.1) is 0 Å². The Bertz CT molecular complexity index is 179. The average molecular weight is 188 g/mol. The molecule has 74 valence electrons. The summed E-state index contributed by atoms with van der Waals surface area (Å²) in [7, 11) is 0. The van der Waals surface area contributed by atoms with Crippen molar-refractivity contribution in [3.63, 3.8) is 0 Å². The van der Waals surface area contributed by atoms with Crippen LogP contribution in [0.15, 0.2) is 29.1 Å². The highest BCUT2D eigenvalue weighted by molar-refractivity contribution is 5.56. The van der Waals surface area contributed by atoms with Gasteiger partial charge < -0.3 is 24.5 Å². The second-order valence-electron chi connectivity index (χ2n) is 2.17. The van der Waals surface area contributed by atoms with Crippen molar-refractivity contribution < 1.29 is 24.5 Å². The largest absolute Gasteiger partial charge is 0.473 e. The van der Waals surface area contributed by atoms with Gasteiger partial charge in [0.2, 0.25) is 0 Å². The molecule has 0 fully saturated rings. The van der Waals surface area contributed by atoms with Crippen molar-refractivity contribution in [2.75, 3.05) is 6.61 Å². The van der Waals surface area contributed by atoms with E-state index in [1.165, 1.54) is 0 Å². The van der Waals surface area contributed by atoms with Gasteiger partial charge in [0.1, 0.15) is 12.2 Å². The molecule has 0 amide bonds. The Balaban J connectivity index is 0.000000243. The maximum atomic E-state index is 9.58. The number of hydrogen-bond acceptors (Lipinski definition) is 5. The van der Waals surface area contributed by atoms with Crippen molar-refractivity contribution in [2.24, 2.45) is 0 Å². The molecule has 0 spiro atoms. The van der Waals surface area contributed by atoms with Gasteiger partial charge in [-0.15, -0.1) is 0 Å². The number of aliphatic hydroxyl groups is 3. The Kier molecular flexibility index (Phi) is 6.80. The Morgan fingerprint density at radius 1 is 1.31 bits per heavy atom. The van der Waals surface area contributed by atoms with E-state index in [1.807, 2.05) is 12.1 Å². The van der Waals surface area contributed by atoms with Crippen LogP contribution in [-0.2, 0) is 4.79 Å². The number of aliphatic hydroxyl groups excluding tert-OH is 3. The van der Waals surface area contributed by atoms with Gasteiger partial charge in [-0.1, -0.05) is 0 Å². The van der Waals surface area contributed by atoms with Crippen molar-refractivity contribution >= 4 is 6.29 Å². The van der Waals surface area contributed by atoms with Gasteiger partial charge in [-0.2, -0.15) is 0 Å². The van der Waals surface area contributed by atoms with Crippen LogP contribution >= 0.6 is 0 Å². The van der Waals surface area contributed by atoms with Gasteiger partial charge in [0.05, 0.1) is 19.1 Å². The molecule has 1 rings (SSSR count). The summed E-state index contributed by atoms with van der Waals surface area (Å²) in [5.74, 6) is 0. The maximum Gasteiger partial charge on any atom is 0.151 e. The summed E-state index contributed by atoms with van der Waals surface area (Å²) in [6.07, 6.45) is 0.619. The van der Waals surface area contributed by atoms with E-state index in [1.54, 1.807) is 12.5 Å². The number of rotatable bonds is 3. The molecule has 0 aromatic carbocycles. The van der Waals surface area contributed by atoms with Crippen LogP contribution in [0.5, 0.6) is 0 Å². The fraction of sp³-hybridized carbons (Fsp3) is 0.375. The summed E-state index contributed by atoms with van der Waals surface area (Å²) >= 11 is 0. The summed E-state index contributed by atoms with van der Waals surface area (Å²) in [6, 6.07) is 3.67. The van der Waals surface area contributed by atoms with Gasteiger partial charge in [0.15, 0.2) is 6.29 Å². The van der Waals surface area contributed by atoms with Crippen LogP contribution in [0.1, 0.15) is 0 Å². The van der Waals surface area contributed by atoms with E-state index in [0.717, 1.165) is 0 Å². The average Bonchev–Trinajstić information content (AvgIpc) is 2.73. The fourth-order valence-corrected chi connectivity index (χ4v) is 0.425. The molecule has 5 nitrogen and oxygen atoms in total. The smallest absolute Gasteiger partial charge is 0.151 e. The molecule has 1 heterocycles. The predicted molar refractivity (Wildman–Crippen MR) is 43.9 cm³/mol. The summed E-state index contributed by atoms with van der Waals surface area (Å²) in [5, 5.41) is 24.8. The maximum absolute atomic E-state index is 9.58. The lowest BCUT2D eigenvalue weighted by Gasteiger charge is -2.06. The van der Waals surface area contributed by atoms with Gasteiger partial charge in [-0.3, -0.25) is 0 Å². The van der Waals surface area contributed by atoms with Crippen LogP contribution in [0.25, 0.3) is 0 Å². The molecule has 1 aromatic rings. The molecule has 0 saturated heterocycles. The predicted octanol–water partition coefficient (Wildman–Crippen LogP) is -0.821. The molecule has 0 radical (unpaired) electrons. The van der Waals surface area contributed by atoms with Crippen molar-refractivity contribution in [1.82, 2.24) is 0 Å². The summed E-state index contributed by atoms with van der Waals surface area (Å²) < 4.78 is 4.58. The second-order valence-corrected chi connectivity index (χ2v) is 2.17. The lowest BCUT2D eigenvalue weighted by molar-refractivity contribution is -0.121. The molecular formula is C8H12O5. The minimum absolute atomic E-state index is 0.168. The van der Waals surface area contributed by atoms with Gasteiger partial charge in [-0.25, -0.2) is 0 Å². The van der Waals surface area contributed by atoms with E-state index in [0.29, 0.717) is 0 Å². The zero-order valence-corrected chi connectivity index (χ0v) is 6.91. The van der Waals surface area contributed by atoms with Crippen LogP contribution in [0.4, 0.5) is 0 Å². The first kappa shape index (κ1) is 11.8. The van der Waals surface area contributed by atoms with E-state index >= 15 is 0 Å². The molecule has 0 bridgehead atoms. The Hall–Kier alpha value is -1.17. The van der Waals surface area contributed by atoms with E-state index < -0.39 is 18.8 Å². The summed E-state index contributed by atoms with van der Waals surface area (Å²) in [5.41, 5.74) is 0. The highest BCUT2D eigenvalue weighted by atomic mass is 16.4. The molecule has 2 unspecified atom stereocenters. The molecule has 0 saturated carbocycles. The number of hydrogen-bond donors (Lipinski definition) is 3. The molecular weight excluding hydrogens is 176 g/mol. The zero-order chi connectivity index (χ0) is 10.1. The Morgan fingerprint density at radius 3 is 2.00 bits per heavy atom. The zero-order valence-electron chi connectivity index (χ0n) is 6.91. The first-order valence-electron chi connectivity index (χ1n) is 3.61. The highest BCUT2D eigenvalue weighted by Gasteiger charge is 2.12. The highest BCUT2D eigenvalue weighted by Crippen LogP contribution is 1.85. The Labute approximate surface area is 75.2 Å². The van der Waals surface area contributed by atoms with E-state index in [9.17, 15) is 4.79 Å². The molecule has 0 aliphatic heterocycles. The van der Waals surface area contributed by atoms with Crippen molar-refractivity contribution in [2.45, 2.75) is 12.2 Å². The van der Waals surface area contributed by atoms with Crippen molar-refractivity contribution in [3.05, 3.63) is 24.7 Å². The number of carbonyl (C=O) groups is 1. The first-order chi connectivity index (χ1) is 6.22. The van der Waals surface area contributed by atoms with Crippen LogP contribution < -0.4 is 0 Å². The van der Waals surface area contributed by atoms with E-state index in [-0.39, 0.29) is 6.29 Å². The summed E-state index contributed by atoms with van der Waals surface area (Å²) in [6.45, 7) is -0.597. The number of furan rings is 1. The summed E-state index contributed by atoms with van der Waals surface area (Å²) in [4.78, 5) is 9.58. The SMILES string of the molecule is O=CC(O)C(O)CO.c1ccoc1. The topological polar surface area (TPSA) is 90.9 Å². The third kappa shape index (κ3) is 6.03. The second kappa shape index (κ2) is 7.48. The monoisotopic (exact) mass is 188 g/mol. The van der Waals surface area contributed by atoms with Crippen LogP contribution in [0.2, 0.25) is 0 Å². The van der Waals surface area contributed by atoms with Crippen molar-refractivity contribution in [1.29, 1.82) is 0 Å². The van der Waals surface area contributed by atoms with Crippen molar-refractivity contribution in [3.8, 4) is 0 Å². The van der Waals surface area contributed by atoms with Gasteiger partial charge >= 0.3 is 0 Å². The van der Waals surface area contributed by atoms with Gasteiger partial charge in [0, 0.05) is 0 Å².